The van der Waals surface area contributed by atoms with Crippen molar-refractivity contribution in [3.8, 4) is 33.9 Å². The minimum atomic E-state index is -0.545. The number of aliphatic hydroxyl groups excluding tert-OH is 1. The maximum Gasteiger partial charge on any atom is 0.135 e. The summed E-state index contributed by atoms with van der Waals surface area (Å²) in [5.41, 5.74) is 8.68. The third kappa shape index (κ3) is 3.68. The number of rotatable bonds is 6. The SMILES string of the molecule is OC(Nc1cncc(-c2ccc3[nH]nc(-c4cc5c(-c6ccccn6)cccc5[nH]4)c3n2)c1)C1CC1. The van der Waals surface area contributed by atoms with Crippen LogP contribution in [0.1, 0.15) is 12.8 Å². The van der Waals surface area contributed by atoms with Crippen molar-refractivity contribution in [1.82, 2.24) is 30.1 Å². The van der Waals surface area contributed by atoms with Crippen LogP contribution in [-0.4, -0.2) is 41.5 Å². The molecule has 1 aromatic carbocycles. The van der Waals surface area contributed by atoms with E-state index in [9.17, 15) is 5.11 Å². The molecule has 8 nitrogen and oxygen atoms in total. The van der Waals surface area contributed by atoms with Crippen molar-refractivity contribution in [3.63, 3.8) is 0 Å². The van der Waals surface area contributed by atoms with Crippen LogP contribution in [0, 0.1) is 5.92 Å². The van der Waals surface area contributed by atoms with Gasteiger partial charge in [-0.3, -0.25) is 15.1 Å². The molecule has 5 heterocycles. The van der Waals surface area contributed by atoms with Crippen molar-refractivity contribution in [3.05, 3.63) is 79.3 Å². The van der Waals surface area contributed by atoms with E-state index >= 15 is 0 Å². The first-order valence-corrected chi connectivity index (χ1v) is 12.0. The smallest absolute Gasteiger partial charge is 0.135 e. The first-order chi connectivity index (χ1) is 17.7. The molecule has 0 bridgehead atoms. The largest absolute Gasteiger partial charge is 0.374 e. The third-order valence-electron chi connectivity index (χ3n) is 6.68. The molecule has 0 aliphatic heterocycles. The maximum atomic E-state index is 10.3. The maximum absolute atomic E-state index is 10.3. The lowest BCUT2D eigenvalue weighted by molar-refractivity contribution is 0.180. The molecule has 1 aliphatic rings. The van der Waals surface area contributed by atoms with Crippen LogP contribution in [0.2, 0.25) is 0 Å². The lowest BCUT2D eigenvalue weighted by atomic mass is 10.1. The lowest BCUT2D eigenvalue weighted by Crippen LogP contribution is -2.20. The van der Waals surface area contributed by atoms with E-state index < -0.39 is 6.23 Å². The van der Waals surface area contributed by atoms with Crippen LogP contribution in [0.5, 0.6) is 0 Å². The summed E-state index contributed by atoms with van der Waals surface area (Å²) in [5.74, 6) is 0.325. The van der Waals surface area contributed by atoms with Crippen molar-refractivity contribution in [2.75, 3.05) is 5.32 Å². The summed E-state index contributed by atoms with van der Waals surface area (Å²) in [6.07, 6.45) is 6.88. The quantitative estimate of drug-likeness (QED) is 0.242. The average Bonchev–Trinajstić information content (AvgIpc) is 3.55. The van der Waals surface area contributed by atoms with Gasteiger partial charge in [0, 0.05) is 40.3 Å². The summed E-state index contributed by atoms with van der Waals surface area (Å²) in [4.78, 5) is 17.3. The van der Waals surface area contributed by atoms with Crippen molar-refractivity contribution < 1.29 is 5.11 Å². The van der Waals surface area contributed by atoms with Gasteiger partial charge in [-0.2, -0.15) is 5.10 Å². The molecule has 0 radical (unpaired) electrons. The highest BCUT2D eigenvalue weighted by Gasteiger charge is 2.29. The Bertz CT molecular complexity index is 1700. The molecule has 5 aromatic heterocycles. The molecule has 8 heteroatoms. The van der Waals surface area contributed by atoms with Crippen LogP contribution in [0.4, 0.5) is 5.69 Å². The molecule has 7 rings (SSSR count). The Kier molecular flexibility index (Phi) is 4.78. The van der Waals surface area contributed by atoms with E-state index in [1.165, 1.54) is 0 Å². The van der Waals surface area contributed by atoms with Crippen LogP contribution in [0.15, 0.2) is 79.3 Å². The van der Waals surface area contributed by atoms with E-state index in [0.717, 1.165) is 74.4 Å². The molecule has 6 aromatic rings. The van der Waals surface area contributed by atoms with Crippen molar-refractivity contribution in [1.29, 1.82) is 0 Å². The van der Waals surface area contributed by atoms with Gasteiger partial charge in [-0.15, -0.1) is 0 Å². The number of H-pyrrole nitrogens is 2. The highest BCUT2D eigenvalue weighted by atomic mass is 16.3. The molecule has 1 unspecified atom stereocenters. The lowest BCUT2D eigenvalue weighted by Gasteiger charge is -2.13. The van der Waals surface area contributed by atoms with Gasteiger partial charge in [-0.1, -0.05) is 18.2 Å². The number of hydrogen-bond donors (Lipinski definition) is 4. The second kappa shape index (κ2) is 8.28. The van der Waals surface area contributed by atoms with E-state index in [1.54, 1.807) is 18.6 Å². The summed E-state index contributed by atoms with van der Waals surface area (Å²) < 4.78 is 0. The first kappa shape index (κ1) is 20.8. The number of hydrogen-bond acceptors (Lipinski definition) is 6. The van der Waals surface area contributed by atoms with Gasteiger partial charge in [0.05, 0.1) is 34.5 Å². The predicted molar refractivity (Wildman–Crippen MR) is 140 cm³/mol. The van der Waals surface area contributed by atoms with Gasteiger partial charge in [0.1, 0.15) is 17.4 Å². The summed E-state index contributed by atoms with van der Waals surface area (Å²) in [7, 11) is 0. The highest BCUT2D eigenvalue weighted by molar-refractivity contribution is 6.00. The minimum absolute atomic E-state index is 0.325. The summed E-state index contributed by atoms with van der Waals surface area (Å²) in [6, 6.07) is 20.1. The number of anilines is 1. The zero-order valence-electron chi connectivity index (χ0n) is 19.3. The highest BCUT2D eigenvalue weighted by Crippen LogP contribution is 2.35. The summed E-state index contributed by atoms with van der Waals surface area (Å²) >= 11 is 0. The number of fused-ring (bicyclic) bond motifs is 2. The molecular weight excluding hydrogens is 450 g/mol. The zero-order chi connectivity index (χ0) is 24.1. The molecule has 36 heavy (non-hydrogen) atoms. The zero-order valence-corrected chi connectivity index (χ0v) is 19.3. The molecular formula is C28H23N7O. The second-order valence-electron chi connectivity index (χ2n) is 9.22. The first-order valence-electron chi connectivity index (χ1n) is 12.0. The molecule has 1 fully saturated rings. The monoisotopic (exact) mass is 473 g/mol. The van der Waals surface area contributed by atoms with Gasteiger partial charge in [0.2, 0.25) is 0 Å². The minimum Gasteiger partial charge on any atom is -0.374 e. The van der Waals surface area contributed by atoms with E-state index in [2.05, 4.69) is 48.7 Å². The van der Waals surface area contributed by atoms with Crippen molar-refractivity contribution in [2.24, 2.45) is 5.92 Å². The van der Waals surface area contributed by atoms with Crippen LogP contribution >= 0.6 is 0 Å². The molecule has 0 amide bonds. The normalized spacial score (nSPS) is 14.4. The van der Waals surface area contributed by atoms with E-state index in [-0.39, 0.29) is 0 Å². The standard InChI is InChI=1S/C28H23N7O/c36-28(16-7-8-16)31-18-12-17(14-29-15-18)21-9-10-24-26(33-21)27(35-34-24)25-13-20-19(4-3-6-23(20)32-25)22-5-1-2-11-30-22/h1-6,9-16,28,31-32,36H,7-8H2,(H,34,35). The Morgan fingerprint density at radius 2 is 1.89 bits per heavy atom. The number of nitrogens with one attached hydrogen (secondary N) is 3. The molecule has 1 aliphatic carbocycles. The fourth-order valence-electron chi connectivity index (χ4n) is 4.64. The van der Waals surface area contributed by atoms with Gasteiger partial charge < -0.3 is 15.4 Å². The summed E-state index contributed by atoms with van der Waals surface area (Å²) in [5, 5.41) is 22.2. The topological polar surface area (TPSA) is 115 Å². The Balaban J connectivity index is 1.28. The van der Waals surface area contributed by atoms with E-state index in [4.69, 9.17) is 4.98 Å². The number of nitrogens with zero attached hydrogens (tertiary/aromatic N) is 4. The van der Waals surface area contributed by atoms with Gasteiger partial charge in [-0.05, 0) is 55.3 Å². The van der Waals surface area contributed by atoms with Crippen LogP contribution in [0.25, 0.3) is 55.8 Å². The van der Waals surface area contributed by atoms with Gasteiger partial charge in [0.25, 0.3) is 0 Å². The molecule has 1 atom stereocenters. The van der Waals surface area contributed by atoms with Gasteiger partial charge in [0.15, 0.2) is 0 Å². The number of aliphatic hydroxyl groups is 1. The number of aromatic nitrogens is 6. The fraction of sp³-hybridized carbons (Fsp3) is 0.143. The Hall–Kier alpha value is -4.56. The second-order valence-corrected chi connectivity index (χ2v) is 9.22. The van der Waals surface area contributed by atoms with Crippen molar-refractivity contribution >= 4 is 27.6 Å². The molecule has 0 saturated heterocycles. The van der Waals surface area contributed by atoms with E-state index in [1.807, 2.05) is 42.5 Å². The van der Waals surface area contributed by atoms with Gasteiger partial charge >= 0.3 is 0 Å². The number of pyridine rings is 3. The Morgan fingerprint density at radius 3 is 2.75 bits per heavy atom. The molecule has 176 valence electrons. The van der Waals surface area contributed by atoms with E-state index in [0.29, 0.717) is 5.92 Å². The van der Waals surface area contributed by atoms with Crippen LogP contribution in [0.3, 0.4) is 0 Å². The number of benzene rings is 1. The van der Waals surface area contributed by atoms with Gasteiger partial charge in [-0.25, -0.2) is 4.98 Å². The Morgan fingerprint density at radius 1 is 0.944 bits per heavy atom. The third-order valence-corrected chi connectivity index (χ3v) is 6.68. The molecule has 1 saturated carbocycles. The van der Waals surface area contributed by atoms with Crippen LogP contribution in [-0.2, 0) is 0 Å². The Labute approximate surface area is 206 Å². The predicted octanol–water partition coefficient (Wildman–Crippen LogP) is 5.37. The summed E-state index contributed by atoms with van der Waals surface area (Å²) in [6.45, 7) is 0. The molecule has 4 N–H and O–H groups in total. The fourth-order valence-corrected chi connectivity index (χ4v) is 4.64. The molecule has 0 spiro atoms. The number of aromatic amines is 2. The average molecular weight is 474 g/mol. The van der Waals surface area contributed by atoms with Crippen molar-refractivity contribution in [2.45, 2.75) is 19.1 Å². The van der Waals surface area contributed by atoms with Crippen LogP contribution < -0.4 is 5.32 Å².